The number of amides is 1. The summed E-state index contributed by atoms with van der Waals surface area (Å²) >= 11 is 5.18. The molecule has 1 aliphatic rings. The monoisotopic (exact) mass is 307 g/mol. The highest BCUT2D eigenvalue weighted by Gasteiger charge is 2.22. The van der Waals surface area contributed by atoms with E-state index in [9.17, 15) is 4.79 Å². The van der Waals surface area contributed by atoms with Crippen molar-refractivity contribution in [2.24, 2.45) is 5.73 Å². The number of thiocarbonyl (C=S) groups is 1. The molecule has 0 radical (unpaired) electrons. The molecule has 1 aliphatic heterocycles. The van der Waals surface area contributed by atoms with Crippen LogP contribution in [0, 0.1) is 13.8 Å². The number of aryl methyl sites for hydroxylation is 1. The number of carbonyl (C=O) groups excluding carboxylic acids is 1. The van der Waals surface area contributed by atoms with E-state index in [1.54, 1.807) is 6.92 Å². The van der Waals surface area contributed by atoms with E-state index in [-0.39, 0.29) is 5.91 Å². The molecule has 1 aromatic rings. The van der Waals surface area contributed by atoms with E-state index in [1.165, 1.54) is 0 Å². The Balaban J connectivity index is 2.32. The summed E-state index contributed by atoms with van der Waals surface area (Å²) in [5.74, 6) is 0.841. The lowest BCUT2D eigenvalue weighted by Gasteiger charge is -2.24. The molecule has 21 heavy (non-hydrogen) atoms. The summed E-state index contributed by atoms with van der Waals surface area (Å²) in [6, 6.07) is 0. The quantitative estimate of drug-likeness (QED) is 0.814. The van der Waals surface area contributed by atoms with Crippen LogP contribution in [0.15, 0.2) is 0 Å². The molecule has 2 N–H and O–H groups in total. The second-order valence-corrected chi connectivity index (χ2v) is 5.76. The van der Waals surface area contributed by atoms with E-state index in [2.05, 4.69) is 15.1 Å². The van der Waals surface area contributed by atoms with Gasteiger partial charge in [-0.1, -0.05) is 12.2 Å². The Morgan fingerprint density at radius 2 is 1.90 bits per heavy atom. The molecule has 0 unspecified atom stereocenters. The summed E-state index contributed by atoms with van der Waals surface area (Å²) in [6.07, 6.45) is 0.894. The second kappa shape index (κ2) is 6.34. The lowest BCUT2D eigenvalue weighted by Crippen LogP contribution is -2.35. The minimum atomic E-state index is 0.109. The van der Waals surface area contributed by atoms with Crippen LogP contribution in [0.4, 0.5) is 5.82 Å². The van der Waals surface area contributed by atoms with Gasteiger partial charge in [0.25, 0.3) is 0 Å². The summed E-state index contributed by atoms with van der Waals surface area (Å²) in [5, 5.41) is 8.49. The molecule has 0 aliphatic carbocycles. The molecule has 6 nitrogen and oxygen atoms in total. The Hall–Kier alpha value is -1.76. The number of carbonyl (C=O) groups is 1. The average Bonchev–Trinajstić information content (AvgIpc) is 2.67. The predicted molar refractivity (Wildman–Crippen MR) is 86.5 cm³/mol. The molecule has 2 heterocycles. The maximum Gasteiger partial charge on any atom is 0.219 e. The molecule has 2 rings (SSSR count). The van der Waals surface area contributed by atoms with Crippen molar-refractivity contribution >= 4 is 28.9 Å². The van der Waals surface area contributed by atoms with Crippen LogP contribution in [0.3, 0.4) is 0 Å². The predicted octanol–water partition coefficient (Wildman–Crippen LogP) is 0.786. The lowest BCUT2D eigenvalue weighted by molar-refractivity contribution is -0.128. The number of nitrogens with two attached hydrogens (primary N) is 1. The van der Waals surface area contributed by atoms with E-state index >= 15 is 0 Å². The zero-order valence-electron chi connectivity index (χ0n) is 12.7. The normalized spacial score (nSPS) is 15.8. The lowest BCUT2D eigenvalue weighted by atomic mass is 10.1. The Bertz CT molecular complexity index is 575. The molecule has 1 saturated heterocycles. The summed E-state index contributed by atoms with van der Waals surface area (Å²) < 4.78 is 0. The average molecular weight is 307 g/mol. The SMILES string of the molecule is CC(=O)N1CCCN(c2nnc(C)c(C)c2C(N)=S)CC1. The van der Waals surface area contributed by atoms with Crippen molar-refractivity contribution in [2.45, 2.75) is 27.2 Å². The highest BCUT2D eigenvalue weighted by Crippen LogP contribution is 2.23. The van der Waals surface area contributed by atoms with Gasteiger partial charge in [-0.25, -0.2) is 0 Å². The van der Waals surface area contributed by atoms with Gasteiger partial charge in [0, 0.05) is 33.1 Å². The third-order valence-electron chi connectivity index (χ3n) is 3.92. The van der Waals surface area contributed by atoms with Crippen LogP contribution in [-0.4, -0.2) is 52.2 Å². The minimum Gasteiger partial charge on any atom is -0.389 e. The summed E-state index contributed by atoms with van der Waals surface area (Å²) in [6.45, 7) is 8.44. The van der Waals surface area contributed by atoms with Crippen LogP contribution in [0.25, 0.3) is 0 Å². The topological polar surface area (TPSA) is 75.4 Å². The number of aromatic nitrogens is 2. The molecular weight excluding hydrogens is 286 g/mol. The molecule has 0 bridgehead atoms. The fraction of sp³-hybridized carbons (Fsp3) is 0.571. The Kier molecular flexibility index (Phi) is 4.72. The van der Waals surface area contributed by atoms with Crippen LogP contribution >= 0.6 is 12.2 Å². The van der Waals surface area contributed by atoms with Crippen molar-refractivity contribution in [1.29, 1.82) is 0 Å². The molecule has 0 spiro atoms. The Morgan fingerprint density at radius 3 is 2.52 bits per heavy atom. The second-order valence-electron chi connectivity index (χ2n) is 5.32. The molecule has 0 saturated carbocycles. The molecule has 114 valence electrons. The van der Waals surface area contributed by atoms with E-state index in [1.807, 2.05) is 18.7 Å². The first-order chi connectivity index (χ1) is 9.91. The van der Waals surface area contributed by atoms with Crippen LogP contribution in [-0.2, 0) is 4.79 Å². The fourth-order valence-corrected chi connectivity index (χ4v) is 2.80. The minimum absolute atomic E-state index is 0.109. The van der Waals surface area contributed by atoms with Crippen molar-refractivity contribution < 1.29 is 4.79 Å². The van der Waals surface area contributed by atoms with Gasteiger partial charge >= 0.3 is 0 Å². The molecule has 1 amide bonds. The van der Waals surface area contributed by atoms with Crippen molar-refractivity contribution in [3.05, 3.63) is 16.8 Å². The highest BCUT2D eigenvalue weighted by molar-refractivity contribution is 7.80. The van der Waals surface area contributed by atoms with Gasteiger partial charge < -0.3 is 15.5 Å². The van der Waals surface area contributed by atoms with Crippen molar-refractivity contribution in [3.8, 4) is 0 Å². The Morgan fingerprint density at radius 1 is 1.19 bits per heavy atom. The van der Waals surface area contributed by atoms with Crippen LogP contribution in [0.2, 0.25) is 0 Å². The standard InChI is InChI=1S/C14H21N5OS/c1-9-10(2)16-17-14(12(9)13(15)21)19-6-4-5-18(7-8-19)11(3)20/h4-8H2,1-3H3,(H2,15,21). The van der Waals surface area contributed by atoms with Gasteiger partial charge in [0.15, 0.2) is 5.82 Å². The third kappa shape index (κ3) is 3.29. The highest BCUT2D eigenvalue weighted by atomic mass is 32.1. The van der Waals surface area contributed by atoms with Crippen LogP contribution in [0.5, 0.6) is 0 Å². The zero-order chi connectivity index (χ0) is 15.6. The maximum absolute atomic E-state index is 11.5. The number of hydrogen-bond donors (Lipinski definition) is 1. The summed E-state index contributed by atoms with van der Waals surface area (Å²) in [5.41, 5.74) is 8.49. The number of hydrogen-bond acceptors (Lipinski definition) is 5. The number of nitrogens with zero attached hydrogens (tertiary/aromatic N) is 4. The van der Waals surface area contributed by atoms with Gasteiger partial charge in [-0.3, -0.25) is 4.79 Å². The van der Waals surface area contributed by atoms with Gasteiger partial charge in [0.2, 0.25) is 5.91 Å². The number of rotatable bonds is 2. The summed E-state index contributed by atoms with van der Waals surface area (Å²) in [4.78, 5) is 15.8. The van der Waals surface area contributed by atoms with E-state index in [4.69, 9.17) is 18.0 Å². The first-order valence-corrected chi connectivity index (χ1v) is 7.46. The fourth-order valence-electron chi connectivity index (χ4n) is 2.56. The van der Waals surface area contributed by atoms with Gasteiger partial charge in [0.05, 0.1) is 11.3 Å². The van der Waals surface area contributed by atoms with Crippen molar-refractivity contribution in [2.75, 3.05) is 31.1 Å². The number of anilines is 1. The first-order valence-electron chi connectivity index (χ1n) is 7.06. The molecular formula is C14H21N5OS. The maximum atomic E-state index is 11.5. The molecule has 1 aromatic heterocycles. The molecule has 0 atom stereocenters. The first kappa shape index (κ1) is 15.6. The molecule has 1 fully saturated rings. The van der Waals surface area contributed by atoms with Crippen LogP contribution < -0.4 is 10.6 Å². The Labute approximate surface area is 130 Å². The van der Waals surface area contributed by atoms with E-state index < -0.39 is 0 Å². The summed E-state index contributed by atoms with van der Waals surface area (Å²) in [7, 11) is 0. The van der Waals surface area contributed by atoms with Gasteiger partial charge in [-0.15, -0.1) is 5.10 Å². The van der Waals surface area contributed by atoms with Gasteiger partial charge in [-0.2, -0.15) is 5.10 Å². The zero-order valence-corrected chi connectivity index (χ0v) is 13.5. The smallest absolute Gasteiger partial charge is 0.219 e. The van der Waals surface area contributed by atoms with Gasteiger partial charge in [0.1, 0.15) is 4.99 Å². The van der Waals surface area contributed by atoms with Crippen LogP contribution in [0.1, 0.15) is 30.2 Å². The van der Waals surface area contributed by atoms with Crippen molar-refractivity contribution in [3.63, 3.8) is 0 Å². The third-order valence-corrected chi connectivity index (χ3v) is 4.13. The van der Waals surface area contributed by atoms with E-state index in [0.717, 1.165) is 42.1 Å². The van der Waals surface area contributed by atoms with Crippen molar-refractivity contribution in [1.82, 2.24) is 15.1 Å². The van der Waals surface area contributed by atoms with Gasteiger partial charge in [-0.05, 0) is 25.8 Å². The molecule has 0 aromatic carbocycles. The van der Waals surface area contributed by atoms with E-state index in [0.29, 0.717) is 18.1 Å². The largest absolute Gasteiger partial charge is 0.389 e. The molecule has 7 heteroatoms.